The summed E-state index contributed by atoms with van der Waals surface area (Å²) in [6.07, 6.45) is 0. The quantitative estimate of drug-likeness (QED) is 0.764. The maximum absolute atomic E-state index is 4.48. The van der Waals surface area contributed by atoms with Crippen molar-refractivity contribution in [2.24, 2.45) is 4.99 Å². The van der Waals surface area contributed by atoms with Crippen molar-refractivity contribution in [3.8, 4) is 22.5 Å². The Morgan fingerprint density at radius 2 is 1.32 bits per heavy atom. The van der Waals surface area contributed by atoms with E-state index in [0.717, 1.165) is 30.4 Å². The second kappa shape index (κ2) is 6.48. The number of aryl methyl sites for hydroxylation is 2. The first-order valence-electron chi connectivity index (χ1n) is 8.62. The first kappa shape index (κ1) is 15.5. The lowest BCUT2D eigenvalue weighted by Gasteiger charge is -2.16. The maximum atomic E-state index is 4.48. The van der Waals surface area contributed by atoms with E-state index in [1.54, 1.807) is 0 Å². The molecule has 1 aliphatic heterocycles. The van der Waals surface area contributed by atoms with Gasteiger partial charge in [0.25, 0.3) is 0 Å². The Hall–Kier alpha value is -3.01. The Kier molecular flexibility index (Phi) is 4.02. The summed E-state index contributed by atoms with van der Waals surface area (Å²) >= 11 is 0. The molecule has 0 unspecified atom stereocenters. The van der Waals surface area contributed by atoms with E-state index >= 15 is 0 Å². The van der Waals surface area contributed by atoms with Crippen molar-refractivity contribution in [1.82, 2.24) is 9.99 Å². The summed E-state index contributed by atoms with van der Waals surface area (Å²) in [5.74, 6) is 0.818. The van der Waals surface area contributed by atoms with Crippen molar-refractivity contribution in [3.63, 3.8) is 0 Å². The number of nitrogens with one attached hydrogen (secondary N) is 2. The van der Waals surface area contributed by atoms with Crippen LogP contribution < -0.4 is 10.7 Å². The van der Waals surface area contributed by atoms with E-state index in [9.17, 15) is 0 Å². The predicted octanol–water partition coefficient (Wildman–Crippen LogP) is 3.94. The maximum Gasteiger partial charge on any atom is 0.210 e. The standard InChI is InChI=1S/C21H22N4/c1-15-3-7-17(8-4-15)19-11-12-20(18-9-5-16(2)6-10-18)25(19)24-21-22-13-14-23-21/h3-12H,13-14H2,1-2H3,(H2,22,23,24). The molecule has 0 bridgehead atoms. The Bertz CT molecular complexity index is 839. The fourth-order valence-corrected chi connectivity index (χ4v) is 3.04. The van der Waals surface area contributed by atoms with Gasteiger partial charge in [-0.3, -0.25) is 15.1 Å². The lowest BCUT2D eigenvalue weighted by atomic mass is 10.1. The summed E-state index contributed by atoms with van der Waals surface area (Å²) in [7, 11) is 0. The Balaban J connectivity index is 1.80. The van der Waals surface area contributed by atoms with Crippen LogP contribution in [0.4, 0.5) is 0 Å². The van der Waals surface area contributed by atoms with Crippen LogP contribution in [0.1, 0.15) is 11.1 Å². The van der Waals surface area contributed by atoms with E-state index in [2.05, 4.69) is 94.9 Å². The molecule has 0 atom stereocenters. The lowest BCUT2D eigenvalue weighted by molar-refractivity contribution is 0.936. The van der Waals surface area contributed by atoms with E-state index in [0.29, 0.717) is 0 Å². The number of guanidine groups is 1. The number of hydrogen-bond donors (Lipinski definition) is 2. The molecule has 126 valence electrons. The molecule has 2 heterocycles. The molecule has 0 aliphatic carbocycles. The Labute approximate surface area is 148 Å². The summed E-state index contributed by atoms with van der Waals surface area (Å²) in [4.78, 5) is 4.48. The highest BCUT2D eigenvalue weighted by molar-refractivity contribution is 5.90. The highest BCUT2D eigenvalue weighted by Crippen LogP contribution is 2.28. The van der Waals surface area contributed by atoms with Gasteiger partial charge in [0, 0.05) is 17.7 Å². The first-order valence-corrected chi connectivity index (χ1v) is 8.62. The molecule has 1 aliphatic rings. The number of nitrogens with zero attached hydrogens (tertiary/aromatic N) is 2. The first-order chi connectivity index (χ1) is 12.2. The lowest BCUT2D eigenvalue weighted by Crippen LogP contribution is -2.33. The zero-order valence-corrected chi connectivity index (χ0v) is 14.6. The molecule has 4 nitrogen and oxygen atoms in total. The molecular weight excluding hydrogens is 308 g/mol. The summed E-state index contributed by atoms with van der Waals surface area (Å²) in [5.41, 5.74) is 10.5. The summed E-state index contributed by atoms with van der Waals surface area (Å²) < 4.78 is 2.12. The van der Waals surface area contributed by atoms with Gasteiger partial charge >= 0.3 is 0 Å². The van der Waals surface area contributed by atoms with Crippen LogP contribution in [0.15, 0.2) is 65.7 Å². The van der Waals surface area contributed by atoms with Crippen LogP contribution in [0.25, 0.3) is 22.5 Å². The van der Waals surface area contributed by atoms with Gasteiger partial charge in [-0.05, 0) is 26.0 Å². The third-order valence-corrected chi connectivity index (χ3v) is 4.47. The fraction of sp³-hybridized carbons (Fsp3) is 0.190. The summed E-state index contributed by atoms with van der Waals surface area (Å²) in [6.45, 7) is 5.90. The average molecular weight is 330 g/mol. The molecule has 2 N–H and O–H groups in total. The Morgan fingerprint density at radius 1 is 0.800 bits per heavy atom. The molecule has 25 heavy (non-hydrogen) atoms. The van der Waals surface area contributed by atoms with Gasteiger partial charge in [0.05, 0.1) is 17.9 Å². The third kappa shape index (κ3) is 3.15. The Morgan fingerprint density at radius 3 is 1.76 bits per heavy atom. The van der Waals surface area contributed by atoms with Gasteiger partial charge < -0.3 is 5.32 Å². The van der Waals surface area contributed by atoms with E-state index in [4.69, 9.17) is 0 Å². The van der Waals surface area contributed by atoms with Gasteiger partial charge in [-0.15, -0.1) is 0 Å². The number of hydrogen-bond acceptors (Lipinski definition) is 3. The van der Waals surface area contributed by atoms with Gasteiger partial charge in [-0.2, -0.15) is 0 Å². The monoisotopic (exact) mass is 330 g/mol. The van der Waals surface area contributed by atoms with E-state index in [-0.39, 0.29) is 0 Å². The second-order valence-electron chi connectivity index (χ2n) is 6.44. The highest BCUT2D eigenvalue weighted by atomic mass is 15.5. The molecule has 0 saturated carbocycles. The van der Waals surface area contributed by atoms with Crippen LogP contribution in [0.3, 0.4) is 0 Å². The van der Waals surface area contributed by atoms with Crippen molar-refractivity contribution >= 4 is 5.96 Å². The molecule has 0 radical (unpaired) electrons. The molecule has 4 rings (SSSR count). The summed E-state index contributed by atoms with van der Waals surface area (Å²) in [6, 6.07) is 21.5. The molecule has 0 amide bonds. The normalized spacial score (nSPS) is 13.4. The van der Waals surface area contributed by atoms with Crippen molar-refractivity contribution in [3.05, 3.63) is 71.8 Å². The zero-order chi connectivity index (χ0) is 17.2. The number of aromatic nitrogens is 1. The molecule has 4 heteroatoms. The average Bonchev–Trinajstić information content (AvgIpc) is 3.27. The van der Waals surface area contributed by atoms with Crippen LogP contribution in [0, 0.1) is 13.8 Å². The predicted molar refractivity (Wildman–Crippen MR) is 104 cm³/mol. The zero-order valence-electron chi connectivity index (χ0n) is 14.6. The topological polar surface area (TPSA) is 41.4 Å². The van der Waals surface area contributed by atoms with Crippen molar-refractivity contribution in [1.29, 1.82) is 0 Å². The highest BCUT2D eigenvalue weighted by Gasteiger charge is 2.14. The minimum Gasteiger partial charge on any atom is -0.353 e. The molecule has 0 fully saturated rings. The van der Waals surface area contributed by atoms with Crippen LogP contribution in [0.2, 0.25) is 0 Å². The number of aliphatic imine (C=N–C) groups is 1. The van der Waals surface area contributed by atoms with Crippen LogP contribution in [-0.4, -0.2) is 23.7 Å². The molecule has 0 spiro atoms. The van der Waals surface area contributed by atoms with Crippen LogP contribution in [0.5, 0.6) is 0 Å². The van der Waals surface area contributed by atoms with E-state index < -0.39 is 0 Å². The molecule has 1 aromatic heterocycles. The minimum atomic E-state index is 0.809. The molecule has 3 aromatic rings. The van der Waals surface area contributed by atoms with Crippen molar-refractivity contribution in [2.75, 3.05) is 18.5 Å². The van der Waals surface area contributed by atoms with E-state index in [1.807, 2.05) is 0 Å². The largest absolute Gasteiger partial charge is 0.353 e. The van der Waals surface area contributed by atoms with Gasteiger partial charge in [-0.25, -0.2) is 0 Å². The van der Waals surface area contributed by atoms with Gasteiger partial charge in [0.1, 0.15) is 0 Å². The van der Waals surface area contributed by atoms with E-state index in [1.165, 1.54) is 22.3 Å². The van der Waals surface area contributed by atoms with Crippen LogP contribution >= 0.6 is 0 Å². The van der Waals surface area contributed by atoms with Gasteiger partial charge in [-0.1, -0.05) is 59.7 Å². The van der Waals surface area contributed by atoms with Crippen LogP contribution in [-0.2, 0) is 0 Å². The van der Waals surface area contributed by atoms with Crippen molar-refractivity contribution < 1.29 is 0 Å². The second-order valence-corrected chi connectivity index (χ2v) is 6.44. The number of benzene rings is 2. The smallest absolute Gasteiger partial charge is 0.210 e. The molecule has 0 saturated heterocycles. The van der Waals surface area contributed by atoms with Gasteiger partial charge in [0.15, 0.2) is 0 Å². The minimum absolute atomic E-state index is 0.809. The van der Waals surface area contributed by atoms with Crippen molar-refractivity contribution in [2.45, 2.75) is 13.8 Å². The van der Waals surface area contributed by atoms with Gasteiger partial charge in [0.2, 0.25) is 5.96 Å². The molecular formula is C21H22N4. The fourth-order valence-electron chi connectivity index (χ4n) is 3.04. The number of rotatable bonds is 3. The third-order valence-electron chi connectivity index (χ3n) is 4.47. The summed E-state index contributed by atoms with van der Waals surface area (Å²) in [5, 5.41) is 3.29. The molecule has 2 aromatic carbocycles. The SMILES string of the molecule is Cc1ccc(-c2ccc(-c3ccc(C)cc3)n2NC2=NCCN2)cc1.